The topological polar surface area (TPSA) is 34.0 Å². The number of hydrogen-bond acceptors (Lipinski definition) is 3. The molecule has 0 saturated carbocycles. The van der Waals surface area contributed by atoms with E-state index in [4.69, 9.17) is 0 Å². The highest BCUT2D eigenvalue weighted by Gasteiger charge is 2.30. The first kappa shape index (κ1) is 13.3. The van der Waals surface area contributed by atoms with Crippen LogP contribution in [0.5, 0.6) is 0 Å². The predicted octanol–water partition coefficient (Wildman–Crippen LogP) is 3.58. The molecule has 0 N–H and O–H groups in total. The van der Waals surface area contributed by atoms with Gasteiger partial charge in [0, 0.05) is 12.2 Å². The molecule has 0 aliphatic carbocycles. The number of hydrogen-bond donors (Lipinski definition) is 0. The van der Waals surface area contributed by atoms with Crippen LogP contribution in [-0.4, -0.2) is 21.5 Å². The van der Waals surface area contributed by atoms with Crippen LogP contribution in [0.2, 0.25) is 0 Å². The van der Waals surface area contributed by atoms with Crippen molar-refractivity contribution in [3.63, 3.8) is 0 Å². The summed E-state index contributed by atoms with van der Waals surface area (Å²) in [5.74, 6) is 0. The van der Waals surface area contributed by atoms with E-state index in [1.807, 2.05) is 22.9 Å². The van der Waals surface area contributed by atoms with Gasteiger partial charge in [0.2, 0.25) is 0 Å². The molecule has 0 bridgehead atoms. The van der Waals surface area contributed by atoms with E-state index in [2.05, 4.69) is 59.4 Å². The van der Waals surface area contributed by atoms with Gasteiger partial charge in [0.25, 0.3) is 0 Å². The van der Waals surface area contributed by atoms with E-state index >= 15 is 0 Å². The first-order valence-electron chi connectivity index (χ1n) is 7.78. The Balaban J connectivity index is 1.72. The maximum Gasteiger partial charge on any atom is 0.114 e. The fraction of sp³-hybridized carbons (Fsp3) is 0.333. The van der Waals surface area contributed by atoms with E-state index in [1.54, 1.807) is 0 Å². The van der Waals surface area contributed by atoms with E-state index in [1.165, 1.54) is 11.3 Å². The first-order valence-corrected chi connectivity index (χ1v) is 7.78. The quantitative estimate of drug-likeness (QED) is 0.724. The lowest BCUT2D eigenvalue weighted by molar-refractivity contribution is 0.432. The molecule has 2 aromatic carbocycles. The van der Waals surface area contributed by atoms with Crippen molar-refractivity contribution < 1.29 is 0 Å². The van der Waals surface area contributed by atoms with Crippen molar-refractivity contribution in [2.75, 3.05) is 11.4 Å². The lowest BCUT2D eigenvalue weighted by atomic mass is 9.78. The third-order valence-corrected chi connectivity index (χ3v) is 4.71. The maximum atomic E-state index is 4.32. The molecular weight excluding hydrogens is 272 g/mol. The van der Waals surface area contributed by atoms with Gasteiger partial charge in [-0.15, -0.1) is 5.10 Å². The second kappa shape index (κ2) is 4.83. The highest BCUT2D eigenvalue weighted by molar-refractivity contribution is 5.74. The zero-order valence-corrected chi connectivity index (χ0v) is 13.0. The van der Waals surface area contributed by atoms with Crippen LogP contribution in [0, 0.1) is 0 Å². The van der Waals surface area contributed by atoms with E-state index in [9.17, 15) is 0 Å². The fourth-order valence-corrected chi connectivity index (χ4v) is 3.32. The van der Waals surface area contributed by atoms with Crippen molar-refractivity contribution in [2.45, 2.75) is 32.4 Å². The molecule has 0 amide bonds. The van der Waals surface area contributed by atoms with Gasteiger partial charge >= 0.3 is 0 Å². The van der Waals surface area contributed by atoms with Crippen LogP contribution < -0.4 is 4.90 Å². The Morgan fingerprint density at radius 3 is 2.73 bits per heavy atom. The highest BCUT2D eigenvalue weighted by Crippen LogP contribution is 2.39. The summed E-state index contributed by atoms with van der Waals surface area (Å²) in [4.78, 5) is 2.40. The highest BCUT2D eigenvalue weighted by atomic mass is 15.5. The van der Waals surface area contributed by atoms with Gasteiger partial charge in [0.15, 0.2) is 0 Å². The van der Waals surface area contributed by atoms with Gasteiger partial charge in [-0.05, 0) is 35.6 Å². The average Bonchev–Trinajstić information content (AvgIpc) is 2.94. The van der Waals surface area contributed by atoms with Crippen LogP contribution in [0.4, 0.5) is 5.69 Å². The Labute approximate surface area is 130 Å². The zero-order valence-electron chi connectivity index (χ0n) is 13.0. The minimum Gasteiger partial charge on any atom is -0.352 e. The SMILES string of the molecule is CC1(C)CCN(Cn2nnc3ccccc32)c2ccccc21. The van der Waals surface area contributed by atoms with Gasteiger partial charge in [-0.1, -0.05) is 49.4 Å². The summed E-state index contributed by atoms with van der Waals surface area (Å²) in [7, 11) is 0. The molecule has 0 spiro atoms. The van der Waals surface area contributed by atoms with Crippen LogP contribution in [0.15, 0.2) is 48.5 Å². The Morgan fingerprint density at radius 1 is 1.05 bits per heavy atom. The average molecular weight is 292 g/mol. The number of benzene rings is 2. The van der Waals surface area contributed by atoms with E-state index in [0.29, 0.717) is 0 Å². The molecule has 0 fully saturated rings. The third-order valence-electron chi connectivity index (χ3n) is 4.71. The van der Waals surface area contributed by atoms with Crippen LogP contribution >= 0.6 is 0 Å². The lowest BCUT2D eigenvalue weighted by Gasteiger charge is -2.40. The van der Waals surface area contributed by atoms with E-state index < -0.39 is 0 Å². The number of fused-ring (bicyclic) bond motifs is 2. The van der Waals surface area contributed by atoms with Crippen molar-refractivity contribution in [3.05, 3.63) is 54.1 Å². The van der Waals surface area contributed by atoms with E-state index in [0.717, 1.165) is 30.7 Å². The molecule has 0 atom stereocenters. The van der Waals surface area contributed by atoms with Gasteiger partial charge in [0.1, 0.15) is 12.2 Å². The molecule has 2 heterocycles. The minimum absolute atomic E-state index is 0.234. The van der Waals surface area contributed by atoms with Gasteiger partial charge in [-0.25, -0.2) is 4.68 Å². The van der Waals surface area contributed by atoms with Gasteiger partial charge in [-0.3, -0.25) is 0 Å². The summed E-state index contributed by atoms with van der Waals surface area (Å²) in [5.41, 5.74) is 5.01. The summed E-state index contributed by atoms with van der Waals surface area (Å²) in [6.45, 7) is 6.44. The number of aromatic nitrogens is 3. The standard InChI is InChI=1S/C18H20N4/c1-18(2)11-12-21(16-9-5-3-7-14(16)18)13-22-17-10-6-4-8-15(17)19-20-22/h3-10H,11-13H2,1-2H3. The monoisotopic (exact) mass is 292 g/mol. The number of anilines is 1. The predicted molar refractivity (Wildman–Crippen MR) is 89.0 cm³/mol. The molecule has 1 aliphatic rings. The second-order valence-electron chi connectivity index (χ2n) is 6.63. The van der Waals surface area contributed by atoms with Crippen molar-refractivity contribution in [1.29, 1.82) is 0 Å². The molecule has 3 aromatic rings. The van der Waals surface area contributed by atoms with Gasteiger partial charge < -0.3 is 4.90 Å². The van der Waals surface area contributed by atoms with Gasteiger partial charge in [0.05, 0.1) is 5.52 Å². The number of nitrogens with zero attached hydrogens (tertiary/aromatic N) is 4. The Kier molecular flexibility index (Phi) is 2.93. The van der Waals surface area contributed by atoms with E-state index in [-0.39, 0.29) is 5.41 Å². The zero-order chi connectivity index (χ0) is 15.2. The Bertz CT molecular complexity index is 819. The van der Waals surface area contributed by atoms with Crippen molar-refractivity contribution >= 4 is 16.7 Å². The van der Waals surface area contributed by atoms with Crippen LogP contribution in [0.25, 0.3) is 11.0 Å². The summed E-state index contributed by atoms with van der Waals surface area (Å²) in [6, 6.07) is 16.8. The van der Waals surface area contributed by atoms with Crippen LogP contribution in [-0.2, 0) is 12.1 Å². The first-order chi connectivity index (χ1) is 10.6. The smallest absolute Gasteiger partial charge is 0.114 e. The molecular formula is C18H20N4. The minimum atomic E-state index is 0.234. The maximum absolute atomic E-state index is 4.32. The Hall–Kier alpha value is -2.36. The van der Waals surface area contributed by atoms with Crippen molar-refractivity contribution in [1.82, 2.24) is 15.0 Å². The molecule has 4 nitrogen and oxygen atoms in total. The molecule has 22 heavy (non-hydrogen) atoms. The molecule has 112 valence electrons. The summed E-state index contributed by atoms with van der Waals surface area (Å²) in [6.07, 6.45) is 1.15. The molecule has 4 rings (SSSR count). The molecule has 1 aromatic heterocycles. The summed E-state index contributed by atoms with van der Waals surface area (Å²) in [5, 5.41) is 8.58. The molecule has 0 unspecified atom stereocenters. The van der Waals surface area contributed by atoms with Crippen molar-refractivity contribution in [3.8, 4) is 0 Å². The lowest BCUT2D eigenvalue weighted by Crippen LogP contribution is -2.38. The van der Waals surface area contributed by atoms with Gasteiger partial charge in [-0.2, -0.15) is 0 Å². The van der Waals surface area contributed by atoms with Crippen LogP contribution in [0.1, 0.15) is 25.8 Å². The third kappa shape index (κ3) is 2.06. The number of para-hydroxylation sites is 2. The molecule has 1 aliphatic heterocycles. The normalized spacial score (nSPS) is 16.7. The number of rotatable bonds is 2. The summed E-state index contributed by atoms with van der Waals surface area (Å²) >= 11 is 0. The largest absolute Gasteiger partial charge is 0.352 e. The van der Waals surface area contributed by atoms with Crippen LogP contribution in [0.3, 0.4) is 0 Å². The molecule has 4 heteroatoms. The second-order valence-corrected chi connectivity index (χ2v) is 6.63. The molecule has 0 radical (unpaired) electrons. The Morgan fingerprint density at radius 2 is 1.82 bits per heavy atom. The summed E-state index contributed by atoms with van der Waals surface area (Å²) < 4.78 is 1.99. The van der Waals surface area contributed by atoms with Crippen molar-refractivity contribution in [2.24, 2.45) is 0 Å². The fourth-order valence-electron chi connectivity index (χ4n) is 3.32. The molecule has 0 saturated heterocycles.